The number of unbranched alkanes of at least 4 members (excludes halogenated alkanes) is 1. The maximum absolute atomic E-state index is 12.6. The van der Waals surface area contributed by atoms with Crippen LogP contribution >= 0.6 is 0 Å². The molecule has 8 heteroatoms. The third-order valence-corrected chi connectivity index (χ3v) is 5.18. The third-order valence-electron chi connectivity index (χ3n) is 5.18. The molecule has 174 valence electrons. The molecule has 1 amide bonds. The van der Waals surface area contributed by atoms with Crippen LogP contribution in [0.4, 0.5) is 5.69 Å². The number of anilines is 1. The Kier molecular flexibility index (Phi) is 8.07. The zero-order valence-corrected chi connectivity index (χ0v) is 19.4. The molecule has 0 radical (unpaired) electrons. The highest BCUT2D eigenvalue weighted by Crippen LogP contribution is 2.40. The van der Waals surface area contributed by atoms with Gasteiger partial charge in [0.2, 0.25) is 11.7 Å². The molecule has 0 atom stereocenters. The van der Waals surface area contributed by atoms with Gasteiger partial charge in [0.15, 0.2) is 11.5 Å². The number of nitrogens with zero attached hydrogens (tertiary/aromatic N) is 2. The highest BCUT2D eigenvalue weighted by atomic mass is 16.5. The smallest absolute Gasteiger partial charge is 0.267 e. The van der Waals surface area contributed by atoms with Crippen molar-refractivity contribution >= 4 is 11.6 Å². The predicted octanol–water partition coefficient (Wildman–Crippen LogP) is 3.92. The van der Waals surface area contributed by atoms with Gasteiger partial charge >= 0.3 is 0 Å². The fourth-order valence-electron chi connectivity index (χ4n) is 3.42. The summed E-state index contributed by atoms with van der Waals surface area (Å²) in [4.78, 5) is 24.9. The monoisotopic (exact) mass is 451 g/mol. The quantitative estimate of drug-likeness (QED) is 0.502. The van der Waals surface area contributed by atoms with Crippen molar-refractivity contribution < 1.29 is 19.0 Å². The normalized spacial score (nSPS) is 10.5. The number of methoxy groups -OCH3 is 3. The van der Waals surface area contributed by atoms with E-state index in [0.29, 0.717) is 34.2 Å². The number of aryl methyl sites for hydroxylation is 1. The summed E-state index contributed by atoms with van der Waals surface area (Å²) in [5.41, 5.74) is 2.67. The summed E-state index contributed by atoms with van der Waals surface area (Å²) in [6.07, 6.45) is 3.27. The van der Waals surface area contributed by atoms with Crippen molar-refractivity contribution in [3.05, 3.63) is 64.4 Å². The van der Waals surface area contributed by atoms with Crippen LogP contribution in [0.5, 0.6) is 17.2 Å². The lowest BCUT2D eigenvalue weighted by Gasteiger charge is -2.14. The van der Waals surface area contributed by atoms with Crippen molar-refractivity contribution in [1.82, 2.24) is 9.78 Å². The second-order valence-corrected chi connectivity index (χ2v) is 7.48. The second-order valence-electron chi connectivity index (χ2n) is 7.48. The lowest BCUT2D eigenvalue weighted by atomic mass is 10.1. The van der Waals surface area contributed by atoms with Gasteiger partial charge in [-0.1, -0.05) is 25.5 Å². The van der Waals surface area contributed by atoms with Gasteiger partial charge in [0, 0.05) is 17.3 Å². The molecule has 1 heterocycles. The van der Waals surface area contributed by atoms with Gasteiger partial charge in [0.05, 0.1) is 27.0 Å². The van der Waals surface area contributed by atoms with E-state index in [4.69, 9.17) is 14.2 Å². The first kappa shape index (κ1) is 23.8. The summed E-state index contributed by atoms with van der Waals surface area (Å²) in [6, 6.07) is 14.2. The Labute approximate surface area is 193 Å². The molecule has 0 aliphatic rings. The van der Waals surface area contributed by atoms with E-state index in [2.05, 4.69) is 17.3 Å². The summed E-state index contributed by atoms with van der Waals surface area (Å²) in [7, 11) is 4.57. The fraction of sp³-hybridized carbons (Fsp3) is 0.320. The van der Waals surface area contributed by atoms with E-state index in [1.165, 1.54) is 33.0 Å². The number of carbonyl (C=O) groups is 1. The molecule has 1 N–H and O–H groups in total. The predicted molar refractivity (Wildman–Crippen MR) is 127 cm³/mol. The minimum Gasteiger partial charge on any atom is -0.493 e. The van der Waals surface area contributed by atoms with Gasteiger partial charge < -0.3 is 19.5 Å². The molecule has 3 rings (SSSR count). The van der Waals surface area contributed by atoms with Crippen molar-refractivity contribution in [2.75, 3.05) is 26.6 Å². The molecular formula is C25H29N3O5. The molecule has 1 aromatic heterocycles. The first-order valence-corrected chi connectivity index (χ1v) is 10.8. The van der Waals surface area contributed by atoms with Gasteiger partial charge in [-0.25, -0.2) is 4.68 Å². The maximum Gasteiger partial charge on any atom is 0.267 e. The van der Waals surface area contributed by atoms with Crippen molar-refractivity contribution in [2.45, 2.75) is 32.7 Å². The maximum atomic E-state index is 12.6. The van der Waals surface area contributed by atoms with Crippen LogP contribution in [0.3, 0.4) is 0 Å². The molecule has 0 aliphatic carbocycles. The number of rotatable bonds is 10. The van der Waals surface area contributed by atoms with E-state index >= 15 is 0 Å². The van der Waals surface area contributed by atoms with Crippen LogP contribution in [0.15, 0.2) is 53.3 Å². The van der Waals surface area contributed by atoms with E-state index in [1.54, 1.807) is 18.2 Å². The number of ether oxygens (including phenoxy) is 3. The highest BCUT2D eigenvalue weighted by molar-refractivity contribution is 5.90. The van der Waals surface area contributed by atoms with Crippen molar-refractivity contribution in [3.63, 3.8) is 0 Å². The minimum absolute atomic E-state index is 0.214. The Balaban J connectivity index is 1.79. The van der Waals surface area contributed by atoms with Crippen molar-refractivity contribution in [2.24, 2.45) is 0 Å². The average Bonchev–Trinajstić information content (AvgIpc) is 2.83. The Bertz CT molecular complexity index is 1130. The summed E-state index contributed by atoms with van der Waals surface area (Å²) in [5.74, 6) is 1.04. The third kappa shape index (κ3) is 5.91. The average molecular weight is 452 g/mol. The molecule has 33 heavy (non-hydrogen) atoms. The zero-order chi connectivity index (χ0) is 23.8. The first-order chi connectivity index (χ1) is 16.0. The van der Waals surface area contributed by atoms with Crippen LogP contribution in [0.2, 0.25) is 0 Å². The summed E-state index contributed by atoms with van der Waals surface area (Å²) >= 11 is 0. The van der Waals surface area contributed by atoms with E-state index in [1.807, 2.05) is 24.3 Å². The minimum atomic E-state index is -0.378. The molecule has 0 saturated heterocycles. The lowest BCUT2D eigenvalue weighted by molar-refractivity contribution is -0.117. The Hall–Kier alpha value is -3.81. The van der Waals surface area contributed by atoms with E-state index in [9.17, 15) is 9.59 Å². The van der Waals surface area contributed by atoms with Gasteiger partial charge in [0.1, 0.15) is 6.54 Å². The van der Waals surface area contributed by atoms with Crippen molar-refractivity contribution in [3.8, 4) is 28.5 Å². The van der Waals surface area contributed by atoms with Gasteiger partial charge in [-0.2, -0.15) is 5.10 Å². The SMILES string of the molecule is CCCCc1ccc(NC(=O)Cn2nc(-c3cc(OC)c(OC)c(OC)c3)ccc2=O)cc1. The molecule has 0 aliphatic heterocycles. The Morgan fingerprint density at radius 2 is 1.64 bits per heavy atom. The number of benzene rings is 2. The van der Waals surface area contributed by atoms with Gasteiger partial charge in [-0.3, -0.25) is 9.59 Å². The molecule has 0 spiro atoms. The van der Waals surface area contributed by atoms with Crippen LogP contribution in [0.25, 0.3) is 11.3 Å². The molecule has 0 fully saturated rings. The van der Waals surface area contributed by atoms with Gasteiger partial charge in [-0.15, -0.1) is 0 Å². The van der Waals surface area contributed by atoms with Crippen LogP contribution in [-0.2, 0) is 17.8 Å². The van der Waals surface area contributed by atoms with Crippen LogP contribution in [0, 0.1) is 0 Å². The number of carbonyl (C=O) groups excluding carboxylic acids is 1. The van der Waals surface area contributed by atoms with Gasteiger partial charge in [-0.05, 0) is 48.7 Å². The van der Waals surface area contributed by atoms with E-state index in [-0.39, 0.29) is 18.0 Å². The van der Waals surface area contributed by atoms with E-state index in [0.717, 1.165) is 23.9 Å². The summed E-state index contributed by atoms with van der Waals surface area (Å²) < 4.78 is 17.3. The molecule has 8 nitrogen and oxygen atoms in total. The van der Waals surface area contributed by atoms with Gasteiger partial charge in [0.25, 0.3) is 5.56 Å². The number of nitrogens with one attached hydrogen (secondary N) is 1. The second kappa shape index (κ2) is 11.2. The molecular weight excluding hydrogens is 422 g/mol. The number of hydrogen-bond acceptors (Lipinski definition) is 6. The molecule has 0 unspecified atom stereocenters. The standard InChI is InChI=1S/C25H29N3O5/c1-5-6-7-17-8-10-19(11-9-17)26-23(29)16-28-24(30)13-12-20(27-28)18-14-21(31-2)25(33-4)22(15-18)32-3/h8-15H,5-7,16H2,1-4H3,(H,26,29). The largest absolute Gasteiger partial charge is 0.493 e. The van der Waals surface area contributed by atoms with Crippen LogP contribution in [0.1, 0.15) is 25.3 Å². The molecule has 0 bridgehead atoms. The molecule has 0 saturated carbocycles. The first-order valence-electron chi connectivity index (χ1n) is 10.8. The van der Waals surface area contributed by atoms with Crippen molar-refractivity contribution in [1.29, 1.82) is 0 Å². The summed E-state index contributed by atoms with van der Waals surface area (Å²) in [6.45, 7) is 1.94. The lowest BCUT2D eigenvalue weighted by Crippen LogP contribution is -2.29. The highest BCUT2D eigenvalue weighted by Gasteiger charge is 2.16. The Morgan fingerprint density at radius 1 is 0.970 bits per heavy atom. The molecule has 3 aromatic rings. The number of aromatic nitrogens is 2. The van der Waals surface area contributed by atoms with Crippen LogP contribution in [-0.4, -0.2) is 37.0 Å². The topological polar surface area (TPSA) is 91.7 Å². The Morgan fingerprint density at radius 3 is 2.21 bits per heavy atom. The summed E-state index contributed by atoms with van der Waals surface area (Å²) in [5, 5.41) is 7.19. The number of amides is 1. The molecule has 2 aromatic carbocycles. The zero-order valence-electron chi connectivity index (χ0n) is 19.4. The van der Waals surface area contributed by atoms with Crippen LogP contribution < -0.4 is 25.1 Å². The fourth-order valence-corrected chi connectivity index (χ4v) is 3.42. The number of hydrogen-bond donors (Lipinski definition) is 1. The van der Waals surface area contributed by atoms with E-state index < -0.39 is 0 Å².